The fourth-order valence-corrected chi connectivity index (χ4v) is 7.60. The van der Waals surface area contributed by atoms with E-state index < -0.39 is 35.6 Å². The van der Waals surface area contributed by atoms with Gasteiger partial charge in [0, 0.05) is 19.6 Å². The molecule has 0 saturated carbocycles. The molecule has 3 aromatic rings. The van der Waals surface area contributed by atoms with Gasteiger partial charge in [0.2, 0.25) is 11.8 Å². The van der Waals surface area contributed by atoms with Gasteiger partial charge in [0.25, 0.3) is 5.91 Å². The van der Waals surface area contributed by atoms with E-state index in [1.807, 2.05) is 92.7 Å². The number of para-hydroxylation sites is 1. The maximum absolute atomic E-state index is 14.7. The number of aliphatic hydroxyl groups is 1. The van der Waals surface area contributed by atoms with Crippen molar-refractivity contribution in [2.75, 3.05) is 19.7 Å². The van der Waals surface area contributed by atoms with Gasteiger partial charge in [0.1, 0.15) is 23.8 Å². The molecule has 1 N–H and O–H groups in total. The SMILES string of the molecule is CC[C@H](C)[C@H](CO)N1C(=O)[C@@H]2[C@H]3C(=O)N(Cc4ccccc4)CC=C[C@H]3O[C@@]23C=CCN(Cn2nnc4ccccc42)C(=O)C13. The maximum atomic E-state index is 14.7. The fourth-order valence-electron chi connectivity index (χ4n) is 7.60. The minimum Gasteiger partial charge on any atom is -0.394 e. The summed E-state index contributed by atoms with van der Waals surface area (Å²) in [5, 5.41) is 19.2. The van der Waals surface area contributed by atoms with Gasteiger partial charge < -0.3 is 24.5 Å². The lowest BCUT2D eigenvalue weighted by Gasteiger charge is -2.40. The van der Waals surface area contributed by atoms with Crippen LogP contribution in [0.2, 0.25) is 0 Å². The van der Waals surface area contributed by atoms with E-state index in [0.717, 1.165) is 11.1 Å². The number of carbonyl (C=O) groups is 3. The van der Waals surface area contributed by atoms with Crippen LogP contribution in [0.25, 0.3) is 11.0 Å². The van der Waals surface area contributed by atoms with E-state index in [1.165, 1.54) is 0 Å². The van der Waals surface area contributed by atoms with Gasteiger partial charge >= 0.3 is 0 Å². The molecule has 45 heavy (non-hydrogen) atoms. The average Bonchev–Trinajstić information content (AvgIpc) is 3.61. The smallest absolute Gasteiger partial charge is 0.250 e. The molecule has 2 fully saturated rings. The highest BCUT2D eigenvalue weighted by molar-refractivity contribution is 6.00. The van der Waals surface area contributed by atoms with Gasteiger partial charge in [0.05, 0.1) is 36.1 Å². The summed E-state index contributed by atoms with van der Waals surface area (Å²) in [4.78, 5) is 48.7. The van der Waals surface area contributed by atoms with Crippen LogP contribution in [0.4, 0.5) is 0 Å². The molecule has 234 valence electrons. The van der Waals surface area contributed by atoms with E-state index in [1.54, 1.807) is 19.4 Å². The Balaban J connectivity index is 1.29. The van der Waals surface area contributed by atoms with Gasteiger partial charge in [-0.15, -0.1) is 5.10 Å². The molecule has 3 amide bonds. The average molecular weight is 611 g/mol. The summed E-state index contributed by atoms with van der Waals surface area (Å²) in [6, 6.07) is 15.6. The first-order valence-corrected chi connectivity index (χ1v) is 15.7. The van der Waals surface area contributed by atoms with E-state index >= 15 is 0 Å². The lowest BCUT2D eigenvalue weighted by atomic mass is 9.77. The Labute approximate surface area is 261 Å². The number of hydrogen-bond acceptors (Lipinski definition) is 7. The van der Waals surface area contributed by atoms with Crippen molar-refractivity contribution < 1.29 is 24.2 Å². The lowest BCUT2D eigenvalue weighted by molar-refractivity contribution is -0.153. The van der Waals surface area contributed by atoms with Gasteiger partial charge in [-0.2, -0.15) is 0 Å². The zero-order valence-electron chi connectivity index (χ0n) is 25.5. The lowest BCUT2D eigenvalue weighted by Crippen LogP contribution is -2.59. The van der Waals surface area contributed by atoms with E-state index in [0.29, 0.717) is 25.0 Å². The highest BCUT2D eigenvalue weighted by Gasteiger charge is 2.72. The molecule has 0 aliphatic carbocycles. The topological polar surface area (TPSA) is 121 Å². The van der Waals surface area contributed by atoms with Crippen LogP contribution in [-0.4, -0.2) is 96.0 Å². The summed E-state index contributed by atoms with van der Waals surface area (Å²) < 4.78 is 8.46. The van der Waals surface area contributed by atoms with Crippen LogP contribution in [0.5, 0.6) is 0 Å². The maximum Gasteiger partial charge on any atom is 0.250 e. The molecule has 11 nitrogen and oxygen atoms in total. The third kappa shape index (κ3) is 4.67. The number of amides is 3. The van der Waals surface area contributed by atoms with Gasteiger partial charge in [-0.25, -0.2) is 4.68 Å². The number of fused-ring (bicyclic) bond motifs is 3. The number of aromatic nitrogens is 3. The van der Waals surface area contributed by atoms with Crippen molar-refractivity contribution in [1.29, 1.82) is 0 Å². The third-order valence-electron chi connectivity index (χ3n) is 10.0. The van der Waals surface area contributed by atoms with Gasteiger partial charge in [0.15, 0.2) is 0 Å². The largest absolute Gasteiger partial charge is 0.394 e. The Morgan fingerprint density at radius 3 is 2.51 bits per heavy atom. The molecule has 7 rings (SSSR count). The Kier molecular flexibility index (Phi) is 7.53. The summed E-state index contributed by atoms with van der Waals surface area (Å²) >= 11 is 0. The van der Waals surface area contributed by atoms with Crippen molar-refractivity contribution in [3.05, 3.63) is 84.5 Å². The van der Waals surface area contributed by atoms with Crippen LogP contribution in [0.3, 0.4) is 0 Å². The summed E-state index contributed by atoms with van der Waals surface area (Å²) in [6.07, 6.45) is 7.50. The van der Waals surface area contributed by atoms with Gasteiger partial charge in [-0.3, -0.25) is 14.4 Å². The number of carbonyl (C=O) groups excluding carboxylic acids is 3. The third-order valence-corrected chi connectivity index (χ3v) is 10.0. The van der Waals surface area contributed by atoms with Crippen LogP contribution < -0.4 is 0 Å². The van der Waals surface area contributed by atoms with Crippen molar-refractivity contribution in [2.45, 2.75) is 57.3 Å². The van der Waals surface area contributed by atoms with Crippen molar-refractivity contribution >= 4 is 28.8 Å². The standard InChI is InChI=1S/C34H38N6O5/c1-3-22(2)26(20-41)40-30-33(44)38(21-39-25-14-8-7-13-24(25)35-36-39)18-10-16-34(30)29(32(40)43)28-27(45-34)15-9-17-37(31(28)42)19-23-11-5-4-6-12-23/h4-16,22,26-30,41H,3,17-21H2,1-2H3/t22-,26-,27+,28-,29-,30?,34-/m0/s1. The minimum absolute atomic E-state index is 0.0994. The molecular formula is C34H38N6O5. The molecule has 11 heteroatoms. The summed E-state index contributed by atoms with van der Waals surface area (Å²) in [7, 11) is 0. The summed E-state index contributed by atoms with van der Waals surface area (Å²) in [5.74, 6) is -2.66. The van der Waals surface area contributed by atoms with Crippen molar-refractivity contribution in [3.8, 4) is 0 Å². The molecule has 2 saturated heterocycles. The van der Waals surface area contributed by atoms with E-state index in [9.17, 15) is 19.5 Å². The Morgan fingerprint density at radius 2 is 1.73 bits per heavy atom. The second kappa shape index (κ2) is 11.5. The van der Waals surface area contributed by atoms with Gasteiger partial charge in [-0.05, 0) is 23.6 Å². The van der Waals surface area contributed by atoms with Crippen LogP contribution >= 0.6 is 0 Å². The van der Waals surface area contributed by atoms with Crippen molar-refractivity contribution in [1.82, 2.24) is 29.7 Å². The van der Waals surface area contributed by atoms with Crippen LogP contribution in [0, 0.1) is 17.8 Å². The number of likely N-dealkylation sites (tertiary alicyclic amines) is 1. The molecule has 1 aromatic heterocycles. The molecule has 2 aromatic carbocycles. The fraction of sp³-hybridized carbons (Fsp3) is 0.441. The predicted molar refractivity (Wildman–Crippen MR) is 165 cm³/mol. The molecule has 4 aliphatic heterocycles. The first-order valence-electron chi connectivity index (χ1n) is 15.7. The molecule has 5 heterocycles. The molecule has 1 spiro atoms. The van der Waals surface area contributed by atoms with E-state index in [2.05, 4.69) is 10.3 Å². The monoisotopic (exact) mass is 610 g/mol. The number of ether oxygens (including phenoxy) is 1. The Hall–Kier alpha value is -4.35. The van der Waals surface area contributed by atoms with E-state index in [4.69, 9.17) is 4.74 Å². The van der Waals surface area contributed by atoms with Crippen molar-refractivity contribution in [2.24, 2.45) is 17.8 Å². The normalized spacial score (nSPS) is 29.0. The first-order chi connectivity index (χ1) is 21.9. The predicted octanol–water partition coefficient (Wildman–Crippen LogP) is 2.37. The minimum atomic E-state index is -1.38. The second-order valence-corrected chi connectivity index (χ2v) is 12.5. The molecule has 4 aliphatic rings. The van der Waals surface area contributed by atoms with E-state index in [-0.39, 0.29) is 43.5 Å². The zero-order chi connectivity index (χ0) is 31.3. The molecule has 1 unspecified atom stereocenters. The summed E-state index contributed by atoms with van der Waals surface area (Å²) in [6.45, 7) is 4.82. The summed E-state index contributed by atoms with van der Waals surface area (Å²) in [5.41, 5.74) is 1.11. The number of aliphatic hydroxyl groups excluding tert-OH is 1. The Morgan fingerprint density at radius 1 is 0.978 bits per heavy atom. The highest BCUT2D eigenvalue weighted by Crippen LogP contribution is 2.54. The second-order valence-electron chi connectivity index (χ2n) is 12.5. The number of rotatable bonds is 8. The van der Waals surface area contributed by atoms with Crippen LogP contribution in [-0.2, 0) is 32.3 Å². The molecule has 0 bridgehead atoms. The number of nitrogens with zero attached hydrogens (tertiary/aromatic N) is 6. The Bertz CT molecular complexity index is 1670. The van der Waals surface area contributed by atoms with Gasteiger partial charge in [-0.1, -0.05) is 92.3 Å². The van der Waals surface area contributed by atoms with Crippen LogP contribution in [0.15, 0.2) is 78.9 Å². The first kappa shape index (κ1) is 29.4. The molecule has 7 atom stereocenters. The number of benzene rings is 2. The molecular weight excluding hydrogens is 572 g/mol. The highest BCUT2D eigenvalue weighted by atomic mass is 16.5. The molecule has 0 radical (unpaired) electrons. The quantitative estimate of drug-likeness (QED) is 0.389. The number of hydrogen-bond donors (Lipinski definition) is 1. The van der Waals surface area contributed by atoms with Crippen LogP contribution in [0.1, 0.15) is 25.8 Å². The zero-order valence-corrected chi connectivity index (χ0v) is 25.5. The van der Waals surface area contributed by atoms with Crippen molar-refractivity contribution in [3.63, 3.8) is 0 Å².